The molecule has 3 aliphatic heterocycles. The number of nitrogens with one attached hydrogen (secondary N) is 1. The Labute approximate surface area is 197 Å². The molecule has 1 spiro atoms. The molecule has 3 fully saturated rings. The highest BCUT2D eigenvalue weighted by atomic mass is 35.5. The maximum Gasteiger partial charge on any atom is 0.328 e. The standard InChI is InChI=1S/C24H25ClN4O4/c1-2-27-13-11-24(14-33-15-24)29(23(27)32)17-8-6-16(7-9-17)18-4-3-5-19(21(18)25)28-12-10-20(30)26-22(28)31/h3-9H,2,10-15H2,1H3,(H,26,30,31). The first-order valence-electron chi connectivity index (χ1n) is 11.1. The highest BCUT2D eigenvalue weighted by Gasteiger charge is 2.51. The van der Waals surface area contributed by atoms with Crippen LogP contribution in [0.4, 0.5) is 21.0 Å². The monoisotopic (exact) mass is 468 g/mol. The smallest absolute Gasteiger partial charge is 0.328 e. The number of amides is 5. The molecule has 0 atom stereocenters. The second kappa shape index (κ2) is 8.35. The minimum absolute atomic E-state index is 0.00508. The lowest BCUT2D eigenvalue weighted by Crippen LogP contribution is -2.70. The predicted octanol–water partition coefficient (Wildman–Crippen LogP) is 3.87. The first-order chi connectivity index (χ1) is 15.9. The van der Waals surface area contributed by atoms with Crippen molar-refractivity contribution in [2.24, 2.45) is 0 Å². The van der Waals surface area contributed by atoms with E-state index in [1.165, 1.54) is 4.90 Å². The Morgan fingerprint density at radius 3 is 2.45 bits per heavy atom. The van der Waals surface area contributed by atoms with Gasteiger partial charge in [-0.05, 0) is 37.1 Å². The minimum Gasteiger partial charge on any atom is -0.376 e. The van der Waals surface area contributed by atoms with Crippen molar-refractivity contribution in [3.63, 3.8) is 0 Å². The minimum atomic E-state index is -0.474. The molecule has 0 bridgehead atoms. The summed E-state index contributed by atoms with van der Waals surface area (Å²) < 4.78 is 5.49. The van der Waals surface area contributed by atoms with Crippen LogP contribution in [0.15, 0.2) is 42.5 Å². The van der Waals surface area contributed by atoms with E-state index in [9.17, 15) is 14.4 Å². The van der Waals surface area contributed by atoms with Gasteiger partial charge in [0, 0.05) is 37.3 Å². The normalized spacial score (nSPS) is 20.2. The van der Waals surface area contributed by atoms with Crippen LogP contribution in [-0.2, 0) is 9.53 Å². The van der Waals surface area contributed by atoms with Crippen molar-refractivity contribution < 1.29 is 19.1 Å². The Bertz CT molecular complexity index is 1120. The van der Waals surface area contributed by atoms with E-state index in [0.29, 0.717) is 30.5 Å². The maximum atomic E-state index is 13.2. The van der Waals surface area contributed by atoms with Gasteiger partial charge in [-0.3, -0.25) is 19.9 Å². The molecule has 33 heavy (non-hydrogen) atoms. The molecule has 172 valence electrons. The van der Waals surface area contributed by atoms with Crippen molar-refractivity contribution in [2.75, 3.05) is 42.6 Å². The number of hydrogen-bond acceptors (Lipinski definition) is 4. The molecule has 0 aliphatic carbocycles. The maximum absolute atomic E-state index is 13.2. The number of imide groups is 1. The number of hydrogen-bond donors (Lipinski definition) is 1. The number of urea groups is 2. The summed E-state index contributed by atoms with van der Waals surface area (Å²) in [5.41, 5.74) is 2.74. The van der Waals surface area contributed by atoms with Crippen LogP contribution in [0.1, 0.15) is 19.8 Å². The first-order valence-corrected chi connectivity index (χ1v) is 11.5. The van der Waals surface area contributed by atoms with Gasteiger partial charge in [0.25, 0.3) is 0 Å². The SMILES string of the molecule is CCN1CCC2(COC2)N(c2ccc(-c3cccc(N4CCC(=O)NC4=O)c3Cl)cc2)C1=O. The van der Waals surface area contributed by atoms with Gasteiger partial charge in [0.2, 0.25) is 5.91 Å². The van der Waals surface area contributed by atoms with E-state index in [2.05, 4.69) is 5.32 Å². The molecule has 2 aromatic carbocycles. The molecule has 3 heterocycles. The Morgan fingerprint density at radius 2 is 1.82 bits per heavy atom. The van der Waals surface area contributed by atoms with Crippen LogP contribution in [0.2, 0.25) is 5.02 Å². The zero-order valence-electron chi connectivity index (χ0n) is 18.3. The van der Waals surface area contributed by atoms with E-state index >= 15 is 0 Å². The molecule has 8 nitrogen and oxygen atoms in total. The van der Waals surface area contributed by atoms with Gasteiger partial charge in [0.1, 0.15) is 0 Å². The molecule has 1 N–H and O–H groups in total. The van der Waals surface area contributed by atoms with Crippen LogP contribution in [-0.4, -0.2) is 61.3 Å². The number of benzene rings is 2. The molecule has 3 saturated heterocycles. The summed E-state index contributed by atoms with van der Waals surface area (Å²) in [6, 6.07) is 12.8. The molecule has 0 aromatic heterocycles. The quantitative estimate of drug-likeness (QED) is 0.738. The van der Waals surface area contributed by atoms with Crippen molar-refractivity contribution in [2.45, 2.75) is 25.3 Å². The van der Waals surface area contributed by atoms with Crippen molar-refractivity contribution in [1.29, 1.82) is 0 Å². The summed E-state index contributed by atoms with van der Waals surface area (Å²) in [4.78, 5) is 42.1. The lowest BCUT2D eigenvalue weighted by atomic mass is 9.87. The Kier molecular flexibility index (Phi) is 5.50. The molecule has 2 aromatic rings. The molecule has 0 unspecified atom stereocenters. The van der Waals surface area contributed by atoms with Crippen LogP contribution in [0.25, 0.3) is 11.1 Å². The number of nitrogens with zero attached hydrogens (tertiary/aromatic N) is 3. The Balaban J connectivity index is 1.45. The zero-order valence-corrected chi connectivity index (χ0v) is 19.1. The predicted molar refractivity (Wildman–Crippen MR) is 126 cm³/mol. The van der Waals surface area contributed by atoms with E-state index < -0.39 is 6.03 Å². The van der Waals surface area contributed by atoms with Crippen molar-refractivity contribution in [1.82, 2.24) is 10.2 Å². The number of rotatable bonds is 4. The molecule has 0 saturated carbocycles. The van der Waals surface area contributed by atoms with Gasteiger partial charge in [-0.1, -0.05) is 35.9 Å². The summed E-state index contributed by atoms with van der Waals surface area (Å²) in [7, 11) is 0. The second-order valence-corrected chi connectivity index (χ2v) is 8.98. The molecule has 9 heteroatoms. The number of ether oxygens (including phenoxy) is 1. The second-order valence-electron chi connectivity index (χ2n) is 8.61. The summed E-state index contributed by atoms with van der Waals surface area (Å²) in [5, 5.41) is 2.76. The molecule has 5 amide bonds. The van der Waals surface area contributed by atoms with Gasteiger partial charge in [-0.15, -0.1) is 0 Å². The van der Waals surface area contributed by atoms with Gasteiger partial charge in [-0.25, -0.2) is 9.59 Å². The Morgan fingerprint density at radius 1 is 1.06 bits per heavy atom. The van der Waals surface area contributed by atoms with E-state index in [-0.39, 0.29) is 30.4 Å². The number of anilines is 2. The summed E-state index contributed by atoms with van der Waals surface area (Å²) in [6.45, 7) is 4.77. The van der Waals surface area contributed by atoms with Gasteiger partial charge in [0.15, 0.2) is 0 Å². The lowest BCUT2D eigenvalue weighted by Gasteiger charge is -2.54. The average molecular weight is 469 g/mol. The fourth-order valence-electron chi connectivity index (χ4n) is 4.72. The van der Waals surface area contributed by atoms with E-state index in [1.807, 2.05) is 53.1 Å². The topological polar surface area (TPSA) is 82.2 Å². The average Bonchev–Trinajstić information content (AvgIpc) is 2.78. The van der Waals surface area contributed by atoms with E-state index in [1.54, 1.807) is 6.07 Å². The zero-order chi connectivity index (χ0) is 23.2. The number of carbonyl (C=O) groups excluding carboxylic acids is 3. The largest absolute Gasteiger partial charge is 0.376 e. The Hall–Kier alpha value is -3.10. The number of carbonyl (C=O) groups is 3. The van der Waals surface area contributed by atoms with Gasteiger partial charge in [-0.2, -0.15) is 0 Å². The van der Waals surface area contributed by atoms with Gasteiger partial charge >= 0.3 is 12.1 Å². The molecule has 3 aliphatic rings. The van der Waals surface area contributed by atoms with Crippen LogP contribution >= 0.6 is 11.6 Å². The highest BCUT2D eigenvalue weighted by molar-refractivity contribution is 6.36. The van der Waals surface area contributed by atoms with Crippen LogP contribution in [0.5, 0.6) is 0 Å². The third-order valence-electron chi connectivity index (χ3n) is 6.67. The molecule has 5 rings (SSSR count). The molecular formula is C24H25ClN4O4. The molecule has 0 radical (unpaired) electrons. The van der Waals surface area contributed by atoms with Crippen LogP contribution in [0.3, 0.4) is 0 Å². The first kappa shape index (κ1) is 21.7. The van der Waals surface area contributed by atoms with Crippen LogP contribution < -0.4 is 15.1 Å². The van der Waals surface area contributed by atoms with Crippen molar-refractivity contribution >= 4 is 40.9 Å². The summed E-state index contributed by atoms with van der Waals surface area (Å²) in [5.74, 6) is -0.289. The van der Waals surface area contributed by atoms with Crippen molar-refractivity contribution in [3.05, 3.63) is 47.5 Å². The molecular weight excluding hydrogens is 444 g/mol. The van der Waals surface area contributed by atoms with Gasteiger partial charge < -0.3 is 9.64 Å². The lowest BCUT2D eigenvalue weighted by molar-refractivity contribution is -0.120. The van der Waals surface area contributed by atoms with Crippen LogP contribution in [0, 0.1) is 0 Å². The third kappa shape index (κ3) is 3.63. The summed E-state index contributed by atoms with van der Waals surface area (Å²) >= 11 is 6.71. The van der Waals surface area contributed by atoms with Gasteiger partial charge in [0.05, 0.1) is 29.5 Å². The highest BCUT2D eigenvalue weighted by Crippen LogP contribution is 2.40. The fraction of sp³-hybridized carbons (Fsp3) is 0.375. The van der Waals surface area contributed by atoms with E-state index in [0.717, 1.165) is 29.8 Å². The fourth-order valence-corrected chi connectivity index (χ4v) is 5.06. The number of halogens is 1. The third-order valence-corrected chi connectivity index (χ3v) is 7.06. The van der Waals surface area contributed by atoms with E-state index in [4.69, 9.17) is 16.3 Å². The van der Waals surface area contributed by atoms with Crippen molar-refractivity contribution in [3.8, 4) is 11.1 Å². The summed E-state index contributed by atoms with van der Waals surface area (Å²) in [6.07, 6.45) is 1.10.